The SMILES string of the molecule is CC1CC(C)CC(NCCCC(=O)N(C)C)C1. The molecular weight excluding hydrogens is 212 g/mol. The normalized spacial score (nSPS) is 29.1. The Bertz CT molecular complexity index is 230. The van der Waals surface area contributed by atoms with Crippen molar-refractivity contribution in [3.05, 3.63) is 0 Å². The first-order chi connectivity index (χ1) is 7.99. The number of amides is 1. The fraction of sp³-hybridized carbons (Fsp3) is 0.929. The minimum absolute atomic E-state index is 0.234. The molecule has 3 heteroatoms. The van der Waals surface area contributed by atoms with Gasteiger partial charge in [0.1, 0.15) is 0 Å². The Labute approximate surface area is 106 Å². The highest BCUT2D eigenvalue weighted by atomic mass is 16.2. The molecule has 1 aliphatic carbocycles. The van der Waals surface area contributed by atoms with Crippen molar-refractivity contribution in [2.75, 3.05) is 20.6 Å². The lowest BCUT2D eigenvalue weighted by molar-refractivity contribution is -0.128. The molecule has 1 amide bonds. The maximum Gasteiger partial charge on any atom is 0.222 e. The summed E-state index contributed by atoms with van der Waals surface area (Å²) in [4.78, 5) is 13.1. The third kappa shape index (κ3) is 5.53. The third-order valence-electron chi connectivity index (χ3n) is 3.68. The van der Waals surface area contributed by atoms with E-state index in [0.717, 1.165) is 24.8 Å². The van der Waals surface area contributed by atoms with Crippen LogP contribution >= 0.6 is 0 Å². The van der Waals surface area contributed by atoms with Crippen LogP contribution in [0.4, 0.5) is 0 Å². The van der Waals surface area contributed by atoms with E-state index in [4.69, 9.17) is 0 Å². The van der Waals surface area contributed by atoms with Gasteiger partial charge in [0, 0.05) is 26.6 Å². The molecule has 1 aliphatic rings. The van der Waals surface area contributed by atoms with Crippen LogP contribution in [0.1, 0.15) is 46.0 Å². The lowest BCUT2D eigenvalue weighted by Gasteiger charge is -2.32. The van der Waals surface area contributed by atoms with Crippen molar-refractivity contribution in [2.45, 2.75) is 52.0 Å². The minimum Gasteiger partial charge on any atom is -0.349 e. The zero-order chi connectivity index (χ0) is 12.8. The summed E-state index contributed by atoms with van der Waals surface area (Å²) in [6, 6.07) is 0.670. The van der Waals surface area contributed by atoms with E-state index in [1.54, 1.807) is 4.90 Å². The van der Waals surface area contributed by atoms with Gasteiger partial charge in [0.2, 0.25) is 5.91 Å². The van der Waals surface area contributed by atoms with E-state index >= 15 is 0 Å². The molecule has 0 heterocycles. The Morgan fingerprint density at radius 2 is 1.76 bits per heavy atom. The molecule has 2 unspecified atom stereocenters. The fourth-order valence-corrected chi connectivity index (χ4v) is 2.88. The summed E-state index contributed by atoms with van der Waals surface area (Å²) in [5.41, 5.74) is 0. The number of hydrogen-bond donors (Lipinski definition) is 1. The summed E-state index contributed by atoms with van der Waals surface area (Å²) in [6.45, 7) is 5.67. The molecule has 0 spiro atoms. The zero-order valence-corrected chi connectivity index (χ0v) is 11.8. The fourth-order valence-electron chi connectivity index (χ4n) is 2.88. The second-order valence-electron chi connectivity index (χ2n) is 5.96. The quantitative estimate of drug-likeness (QED) is 0.748. The molecule has 0 bridgehead atoms. The van der Waals surface area contributed by atoms with Gasteiger partial charge in [-0.2, -0.15) is 0 Å². The lowest BCUT2D eigenvalue weighted by Crippen LogP contribution is -2.37. The van der Waals surface area contributed by atoms with Crippen molar-refractivity contribution in [3.63, 3.8) is 0 Å². The van der Waals surface area contributed by atoms with E-state index in [0.29, 0.717) is 12.5 Å². The molecule has 0 aliphatic heterocycles. The van der Waals surface area contributed by atoms with Crippen LogP contribution in [0.25, 0.3) is 0 Å². The molecule has 100 valence electrons. The number of rotatable bonds is 5. The van der Waals surface area contributed by atoms with Crippen molar-refractivity contribution in [1.29, 1.82) is 0 Å². The van der Waals surface area contributed by atoms with Crippen LogP contribution in [0.15, 0.2) is 0 Å². The van der Waals surface area contributed by atoms with Gasteiger partial charge in [-0.3, -0.25) is 4.79 Å². The summed E-state index contributed by atoms with van der Waals surface area (Å²) in [5, 5.41) is 3.61. The van der Waals surface area contributed by atoms with E-state index in [1.807, 2.05) is 14.1 Å². The van der Waals surface area contributed by atoms with Crippen molar-refractivity contribution in [2.24, 2.45) is 11.8 Å². The number of nitrogens with zero attached hydrogens (tertiary/aromatic N) is 1. The molecule has 0 aromatic carbocycles. The topological polar surface area (TPSA) is 32.3 Å². The maximum atomic E-state index is 11.4. The molecule has 1 saturated carbocycles. The number of carbonyl (C=O) groups excluding carboxylic acids is 1. The molecule has 2 atom stereocenters. The van der Waals surface area contributed by atoms with E-state index < -0.39 is 0 Å². The van der Waals surface area contributed by atoms with E-state index in [9.17, 15) is 4.79 Å². The van der Waals surface area contributed by atoms with Crippen molar-refractivity contribution in [3.8, 4) is 0 Å². The first kappa shape index (κ1) is 14.5. The molecule has 0 aromatic rings. The van der Waals surface area contributed by atoms with Gasteiger partial charge >= 0.3 is 0 Å². The standard InChI is InChI=1S/C14H28N2O/c1-11-8-12(2)10-13(9-11)15-7-5-6-14(17)16(3)4/h11-13,15H,5-10H2,1-4H3. The largest absolute Gasteiger partial charge is 0.349 e. The summed E-state index contributed by atoms with van der Waals surface area (Å²) in [6.07, 6.45) is 5.59. The highest BCUT2D eigenvalue weighted by Crippen LogP contribution is 2.28. The van der Waals surface area contributed by atoms with Gasteiger partial charge in [0.15, 0.2) is 0 Å². The molecular formula is C14H28N2O. The van der Waals surface area contributed by atoms with Crippen molar-refractivity contribution >= 4 is 5.91 Å². The molecule has 1 rings (SSSR count). The highest BCUT2D eigenvalue weighted by molar-refractivity contribution is 5.75. The Kier molecular flexibility index (Phi) is 5.96. The molecule has 0 saturated heterocycles. The Hall–Kier alpha value is -0.570. The van der Waals surface area contributed by atoms with Crippen LogP contribution in [0.3, 0.4) is 0 Å². The van der Waals surface area contributed by atoms with Gasteiger partial charge in [-0.05, 0) is 44.1 Å². The molecule has 1 fully saturated rings. The second kappa shape index (κ2) is 7.00. The summed E-state index contributed by atoms with van der Waals surface area (Å²) < 4.78 is 0. The van der Waals surface area contributed by atoms with Gasteiger partial charge in [-0.15, -0.1) is 0 Å². The highest BCUT2D eigenvalue weighted by Gasteiger charge is 2.23. The van der Waals surface area contributed by atoms with Gasteiger partial charge in [0.25, 0.3) is 0 Å². The predicted octanol–water partition coefficient (Wildman–Crippen LogP) is 2.27. The summed E-state index contributed by atoms with van der Waals surface area (Å²) >= 11 is 0. The van der Waals surface area contributed by atoms with E-state index in [1.165, 1.54) is 19.3 Å². The lowest BCUT2D eigenvalue weighted by atomic mass is 9.80. The van der Waals surface area contributed by atoms with Crippen molar-refractivity contribution in [1.82, 2.24) is 10.2 Å². The molecule has 0 aromatic heterocycles. The predicted molar refractivity (Wildman–Crippen MR) is 71.9 cm³/mol. The van der Waals surface area contributed by atoms with Crippen molar-refractivity contribution < 1.29 is 4.79 Å². The maximum absolute atomic E-state index is 11.4. The van der Waals surface area contributed by atoms with Crippen LogP contribution in [0.5, 0.6) is 0 Å². The number of hydrogen-bond acceptors (Lipinski definition) is 2. The molecule has 3 nitrogen and oxygen atoms in total. The number of nitrogens with one attached hydrogen (secondary N) is 1. The summed E-state index contributed by atoms with van der Waals surface area (Å²) in [7, 11) is 3.64. The Morgan fingerprint density at radius 1 is 1.18 bits per heavy atom. The zero-order valence-electron chi connectivity index (χ0n) is 11.8. The van der Waals surface area contributed by atoms with E-state index in [-0.39, 0.29) is 5.91 Å². The minimum atomic E-state index is 0.234. The van der Waals surface area contributed by atoms with Crippen LogP contribution in [0.2, 0.25) is 0 Å². The second-order valence-corrected chi connectivity index (χ2v) is 5.96. The summed E-state index contributed by atoms with van der Waals surface area (Å²) in [5.74, 6) is 1.93. The first-order valence-electron chi connectivity index (χ1n) is 6.92. The Morgan fingerprint density at radius 3 is 2.29 bits per heavy atom. The van der Waals surface area contributed by atoms with Gasteiger partial charge in [-0.1, -0.05) is 13.8 Å². The van der Waals surface area contributed by atoms with Crippen LogP contribution in [-0.4, -0.2) is 37.5 Å². The average molecular weight is 240 g/mol. The smallest absolute Gasteiger partial charge is 0.222 e. The van der Waals surface area contributed by atoms with Gasteiger partial charge in [0.05, 0.1) is 0 Å². The van der Waals surface area contributed by atoms with Crippen LogP contribution in [-0.2, 0) is 4.79 Å². The third-order valence-corrected chi connectivity index (χ3v) is 3.68. The van der Waals surface area contributed by atoms with Gasteiger partial charge < -0.3 is 10.2 Å². The average Bonchev–Trinajstić information content (AvgIpc) is 2.22. The van der Waals surface area contributed by atoms with E-state index in [2.05, 4.69) is 19.2 Å². The van der Waals surface area contributed by atoms with Gasteiger partial charge in [-0.25, -0.2) is 0 Å². The molecule has 1 N–H and O–H groups in total. The van der Waals surface area contributed by atoms with Crippen LogP contribution < -0.4 is 5.32 Å². The monoisotopic (exact) mass is 240 g/mol. The number of carbonyl (C=O) groups is 1. The Balaban J connectivity index is 2.12. The molecule has 0 radical (unpaired) electrons. The first-order valence-corrected chi connectivity index (χ1v) is 6.92. The van der Waals surface area contributed by atoms with Crippen LogP contribution in [0, 0.1) is 11.8 Å². The molecule has 17 heavy (non-hydrogen) atoms.